The SMILES string of the molecule is CN(C)CCCc1cc(F)cc(-c2nccc3[nH]c(-c4n[nH]c5cnc(-c6cccnc6)cc45)nc23)c1. The topological polar surface area (TPSA) is 99.3 Å². The van der Waals surface area contributed by atoms with Gasteiger partial charge in [0.1, 0.15) is 17.0 Å². The van der Waals surface area contributed by atoms with E-state index >= 15 is 0 Å². The molecule has 0 radical (unpaired) electrons. The van der Waals surface area contributed by atoms with E-state index < -0.39 is 0 Å². The number of rotatable bonds is 7. The van der Waals surface area contributed by atoms with Crippen LogP contribution in [0, 0.1) is 5.82 Å². The van der Waals surface area contributed by atoms with Crippen LogP contribution < -0.4 is 0 Å². The average Bonchev–Trinajstić information content (AvgIpc) is 3.52. The third-order valence-corrected chi connectivity index (χ3v) is 6.33. The summed E-state index contributed by atoms with van der Waals surface area (Å²) >= 11 is 0. The van der Waals surface area contributed by atoms with Crippen LogP contribution in [0.25, 0.3) is 56.0 Å². The smallest absolute Gasteiger partial charge is 0.159 e. The highest BCUT2D eigenvalue weighted by Gasteiger charge is 2.17. The van der Waals surface area contributed by atoms with E-state index in [1.165, 1.54) is 6.07 Å². The molecule has 9 heteroatoms. The molecular weight excluding hydrogens is 467 g/mol. The van der Waals surface area contributed by atoms with Crippen LogP contribution in [-0.4, -0.2) is 60.7 Å². The number of nitrogens with one attached hydrogen (secondary N) is 2. The van der Waals surface area contributed by atoms with Gasteiger partial charge >= 0.3 is 0 Å². The fourth-order valence-corrected chi connectivity index (χ4v) is 4.56. The number of imidazole rings is 1. The molecule has 0 fully saturated rings. The van der Waals surface area contributed by atoms with Crippen molar-refractivity contribution in [3.63, 3.8) is 0 Å². The Labute approximate surface area is 212 Å². The van der Waals surface area contributed by atoms with Crippen LogP contribution in [0.15, 0.2) is 67.3 Å². The maximum atomic E-state index is 14.6. The molecule has 2 N–H and O–H groups in total. The van der Waals surface area contributed by atoms with Crippen LogP contribution in [0.2, 0.25) is 0 Å². The predicted octanol–water partition coefficient (Wildman–Crippen LogP) is 5.26. The summed E-state index contributed by atoms with van der Waals surface area (Å²) in [5.74, 6) is 0.321. The van der Waals surface area contributed by atoms with Crippen molar-refractivity contribution in [2.24, 2.45) is 0 Å². The van der Waals surface area contributed by atoms with Gasteiger partial charge in [-0.2, -0.15) is 5.10 Å². The Morgan fingerprint density at radius 2 is 1.84 bits per heavy atom. The molecular formula is C28H25FN8. The van der Waals surface area contributed by atoms with Crippen LogP contribution in [0.1, 0.15) is 12.0 Å². The standard InChI is InChI=1S/C28H25FN8/c1-37(2)10-4-5-17-11-19(13-20(29)12-17)25-27-22(7-9-31-25)33-28(34-27)26-21-14-23(18-6-3-8-30-15-18)32-16-24(21)35-36-26/h3,6-9,11-16H,4-5,10H2,1-2H3,(H,33,34)(H,35,36). The molecule has 0 spiro atoms. The molecule has 1 aromatic carbocycles. The molecule has 0 bridgehead atoms. The van der Waals surface area contributed by atoms with Crippen molar-refractivity contribution in [2.45, 2.75) is 12.8 Å². The Morgan fingerprint density at radius 3 is 2.68 bits per heavy atom. The van der Waals surface area contributed by atoms with Gasteiger partial charge in [-0.25, -0.2) is 9.37 Å². The molecule has 0 atom stereocenters. The van der Waals surface area contributed by atoms with Gasteiger partial charge in [0.2, 0.25) is 0 Å². The fraction of sp³-hybridized carbons (Fsp3) is 0.179. The molecule has 0 aliphatic carbocycles. The Kier molecular flexibility index (Phi) is 5.90. The summed E-state index contributed by atoms with van der Waals surface area (Å²) in [6.45, 7) is 0.943. The van der Waals surface area contributed by atoms with E-state index in [9.17, 15) is 4.39 Å². The number of fused-ring (bicyclic) bond motifs is 2. The maximum Gasteiger partial charge on any atom is 0.159 e. The summed E-state index contributed by atoms with van der Waals surface area (Å²) in [6.07, 6.45) is 8.72. The predicted molar refractivity (Wildman–Crippen MR) is 142 cm³/mol. The summed E-state index contributed by atoms with van der Waals surface area (Å²) in [4.78, 5) is 23.7. The van der Waals surface area contributed by atoms with Gasteiger partial charge in [-0.3, -0.25) is 20.1 Å². The van der Waals surface area contributed by atoms with Crippen LogP contribution in [0.5, 0.6) is 0 Å². The Balaban J connectivity index is 1.41. The number of pyridine rings is 3. The fourth-order valence-electron chi connectivity index (χ4n) is 4.56. The highest BCUT2D eigenvalue weighted by Crippen LogP contribution is 2.32. The highest BCUT2D eigenvalue weighted by atomic mass is 19.1. The number of nitrogens with zero attached hydrogens (tertiary/aromatic N) is 6. The molecule has 37 heavy (non-hydrogen) atoms. The molecule has 0 saturated carbocycles. The number of halogens is 1. The van der Waals surface area contributed by atoms with E-state index in [0.717, 1.165) is 52.6 Å². The molecule has 184 valence electrons. The monoisotopic (exact) mass is 492 g/mol. The first-order valence-electron chi connectivity index (χ1n) is 12.1. The Bertz CT molecular complexity index is 1700. The first-order valence-corrected chi connectivity index (χ1v) is 12.1. The van der Waals surface area contributed by atoms with Crippen molar-refractivity contribution in [3.05, 3.63) is 78.6 Å². The van der Waals surface area contributed by atoms with Gasteiger partial charge in [-0.15, -0.1) is 0 Å². The lowest BCUT2D eigenvalue weighted by Crippen LogP contribution is -2.13. The quantitative estimate of drug-likeness (QED) is 0.315. The maximum absolute atomic E-state index is 14.6. The lowest BCUT2D eigenvalue weighted by atomic mass is 10.0. The van der Waals surface area contributed by atoms with Crippen molar-refractivity contribution in [1.82, 2.24) is 40.0 Å². The van der Waals surface area contributed by atoms with Crippen LogP contribution in [0.3, 0.4) is 0 Å². The van der Waals surface area contributed by atoms with Gasteiger partial charge in [-0.1, -0.05) is 0 Å². The van der Waals surface area contributed by atoms with Gasteiger partial charge in [-0.05, 0) is 81.5 Å². The molecule has 8 nitrogen and oxygen atoms in total. The molecule has 0 saturated heterocycles. The van der Waals surface area contributed by atoms with Gasteiger partial charge in [0.05, 0.1) is 28.6 Å². The molecule has 0 unspecified atom stereocenters. The average molecular weight is 493 g/mol. The molecule has 5 aromatic heterocycles. The van der Waals surface area contributed by atoms with E-state index in [1.807, 2.05) is 44.4 Å². The second kappa shape index (κ2) is 9.51. The Morgan fingerprint density at radius 1 is 0.919 bits per heavy atom. The normalized spacial score (nSPS) is 11.7. The van der Waals surface area contributed by atoms with Gasteiger partial charge in [0.15, 0.2) is 5.82 Å². The van der Waals surface area contributed by atoms with E-state index in [1.54, 1.807) is 30.9 Å². The van der Waals surface area contributed by atoms with Crippen molar-refractivity contribution in [3.8, 4) is 34.0 Å². The van der Waals surface area contributed by atoms with Crippen molar-refractivity contribution in [2.75, 3.05) is 20.6 Å². The third kappa shape index (κ3) is 4.56. The van der Waals surface area contributed by atoms with Gasteiger partial charge in [0, 0.05) is 35.1 Å². The number of aryl methyl sites for hydroxylation is 1. The van der Waals surface area contributed by atoms with E-state index in [2.05, 4.69) is 35.0 Å². The lowest BCUT2D eigenvalue weighted by Gasteiger charge is -2.10. The number of benzene rings is 1. The number of H-pyrrole nitrogens is 2. The molecule has 6 rings (SSSR count). The summed E-state index contributed by atoms with van der Waals surface area (Å²) in [7, 11) is 4.07. The van der Waals surface area contributed by atoms with Gasteiger partial charge < -0.3 is 9.88 Å². The lowest BCUT2D eigenvalue weighted by molar-refractivity contribution is 0.400. The molecule has 0 aliphatic heterocycles. The number of aromatic nitrogens is 7. The third-order valence-electron chi connectivity index (χ3n) is 6.33. The van der Waals surface area contributed by atoms with Crippen molar-refractivity contribution >= 4 is 21.9 Å². The van der Waals surface area contributed by atoms with Crippen molar-refractivity contribution < 1.29 is 4.39 Å². The van der Waals surface area contributed by atoms with E-state index in [-0.39, 0.29) is 5.82 Å². The number of hydrogen-bond acceptors (Lipinski definition) is 6. The molecule has 0 amide bonds. The largest absolute Gasteiger partial charge is 0.336 e. The summed E-state index contributed by atoms with van der Waals surface area (Å²) in [5.41, 5.74) is 6.94. The van der Waals surface area contributed by atoms with Crippen LogP contribution in [0.4, 0.5) is 4.39 Å². The number of hydrogen-bond donors (Lipinski definition) is 2. The number of aromatic amines is 2. The van der Waals surface area contributed by atoms with Crippen molar-refractivity contribution in [1.29, 1.82) is 0 Å². The van der Waals surface area contributed by atoms with Gasteiger partial charge in [0.25, 0.3) is 0 Å². The van der Waals surface area contributed by atoms with Crippen LogP contribution in [-0.2, 0) is 6.42 Å². The first kappa shape index (κ1) is 22.9. The Hall–Kier alpha value is -4.50. The molecule has 0 aliphatic rings. The zero-order valence-electron chi connectivity index (χ0n) is 20.5. The summed E-state index contributed by atoms with van der Waals surface area (Å²) in [6, 6.07) is 12.8. The summed E-state index contributed by atoms with van der Waals surface area (Å²) < 4.78 is 14.6. The minimum absolute atomic E-state index is 0.277. The second-order valence-corrected chi connectivity index (χ2v) is 9.33. The zero-order chi connectivity index (χ0) is 25.4. The van der Waals surface area contributed by atoms with E-state index in [4.69, 9.17) is 4.98 Å². The summed E-state index contributed by atoms with van der Waals surface area (Å²) in [5, 5.41) is 8.44. The minimum Gasteiger partial charge on any atom is -0.336 e. The minimum atomic E-state index is -0.277. The first-order chi connectivity index (χ1) is 18.0. The van der Waals surface area contributed by atoms with Crippen LogP contribution >= 0.6 is 0 Å². The zero-order valence-corrected chi connectivity index (χ0v) is 20.5. The molecule has 6 aromatic rings. The highest BCUT2D eigenvalue weighted by molar-refractivity contribution is 5.96. The second-order valence-electron chi connectivity index (χ2n) is 9.33. The molecule has 5 heterocycles. The van der Waals surface area contributed by atoms with E-state index in [0.29, 0.717) is 28.3 Å².